The second kappa shape index (κ2) is 4.47. The lowest BCUT2D eigenvalue weighted by atomic mass is 9.76. The number of primary amides is 1. The molecular weight excluding hydrogens is 190 g/mol. The predicted octanol–water partition coefficient (Wildman–Crippen LogP) is 2.02. The third-order valence-corrected chi connectivity index (χ3v) is 3.40. The number of nitrogens with one attached hydrogen (secondary N) is 1. The summed E-state index contributed by atoms with van der Waals surface area (Å²) in [7, 11) is 0. The minimum atomic E-state index is -0.619. The van der Waals surface area contributed by atoms with E-state index in [0.717, 1.165) is 12.8 Å². The maximum Gasteiger partial charge on any atom is 0.332 e. The average Bonchev–Trinajstić information content (AvgIpc) is 2.38. The molecule has 1 aliphatic carbocycles. The van der Waals surface area contributed by atoms with Gasteiger partial charge in [-0.1, -0.05) is 25.5 Å². The zero-order valence-electron chi connectivity index (χ0n) is 9.58. The Labute approximate surface area is 90.6 Å². The van der Waals surface area contributed by atoms with Gasteiger partial charge in [-0.3, -0.25) is 0 Å². The Morgan fingerprint density at radius 2 is 2.47 bits per heavy atom. The monoisotopic (exact) mass is 209 g/mol. The molecule has 0 aromatic heterocycles. The highest BCUT2D eigenvalue weighted by Crippen LogP contribution is 2.44. The predicted molar refractivity (Wildman–Crippen MR) is 61.5 cm³/mol. The highest BCUT2D eigenvalue weighted by molar-refractivity contribution is 5.72. The summed E-state index contributed by atoms with van der Waals surface area (Å²) >= 11 is 0. The van der Waals surface area contributed by atoms with Gasteiger partial charge < -0.3 is 5.73 Å². The van der Waals surface area contributed by atoms with Crippen molar-refractivity contribution in [3.63, 3.8) is 0 Å². The number of nitrogens with zero attached hydrogens (tertiary/aromatic N) is 1. The van der Waals surface area contributed by atoms with Crippen molar-refractivity contribution in [1.29, 1.82) is 0 Å². The van der Waals surface area contributed by atoms with Gasteiger partial charge >= 0.3 is 6.03 Å². The first-order valence-electron chi connectivity index (χ1n) is 5.18. The second-order valence-electron chi connectivity index (χ2n) is 4.56. The normalized spacial score (nSPS) is 24.2. The molecule has 0 aliphatic heterocycles. The number of carbonyl (C=O) groups is 1. The topological polar surface area (TPSA) is 67.5 Å². The number of amides is 2. The van der Waals surface area contributed by atoms with E-state index in [0.29, 0.717) is 5.92 Å². The third-order valence-electron chi connectivity index (χ3n) is 3.40. The van der Waals surface area contributed by atoms with Crippen molar-refractivity contribution >= 4 is 12.2 Å². The van der Waals surface area contributed by atoms with Gasteiger partial charge in [-0.25, -0.2) is 10.2 Å². The second-order valence-corrected chi connectivity index (χ2v) is 4.56. The van der Waals surface area contributed by atoms with Crippen molar-refractivity contribution in [3.8, 4) is 0 Å². The number of hydrazone groups is 1. The van der Waals surface area contributed by atoms with Crippen LogP contribution in [0.4, 0.5) is 4.79 Å². The number of allylic oxidation sites excluding steroid dienone is 2. The van der Waals surface area contributed by atoms with Crippen molar-refractivity contribution in [2.75, 3.05) is 0 Å². The van der Waals surface area contributed by atoms with Crippen LogP contribution in [0.15, 0.2) is 16.8 Å². The average molecular weight is 209 g/mol. The van der Waals surface area contributed by atoms with Crippen LogP contribution in [0.3, 0.4) is 0 Å². The minimum absolute atomic E-state index is 0.235. The summed E-state index contributed by atoms with van der Waals surface area (Å²) in [5.41, 5.74) is 8.76. The highest BCUT2D eigenvalue weighted by atomic mass is 16.2. The Morgan fingerprint density at radius 3 is 2.93 bits per heavy atom. The molecule has 4 heteroatoms. The number of hydrogen-bond donors (Lipinski definition) is 2. The first kappa shape index (κ1) is 11.8. The molecule has 0 fully saturated rings. The SMILES string of the molecule is CC1=CCC(CC=NNC(N)=O)C1(C)C. The summed E-state index contributed by atoms with van der Waals surface area (Å²) in [5, 5.41) is 3.75. The van der Waals surface area contributed by atoms with E-state index in [2.05, 4.69) is 37.4 Å². The van der Waals surface area contributed by atoms with Gasteiger partial charge in [0, 0.05) is 6.21 Å². The van der Waals surface area contributed by atoms with Crippen molar-refractivity contribution < 1.29 is 4.79 Å². The van der Waals surface area contributed by atoms with Crippen LogP contribution < -0.4 is 11.2 Å². The van der Waals surface area contributed by atoms with Crippen molar-refractivity contribution in [2.45, 2.75) is 33.6 Å². The number of carbonyl (C=O) groups excluding carboxylic acids is 1. The van der Waals surface area contributed by atoms with Crippen molar-refractivity contribution in [1.82, 2.24) is 5.43 Å². The Bertz CT molecular complexity index is 305. The van der Waals surface area contributed by atoms with Crippen LogP contribution in [0, 0.1) is 11.3 Å². The molecule has 0 saturated heterocycles. The summed E-state index contributed by atoms with van der Waals surface area (Å²) in [6.07, 6.45) is 5.95. The molecule has 2 amide bonds. The van der Waals surface area contributed by atoms with E-state index < -0.39 is 6.03 Å². The zero-order valence-corrected chi connectivity index (χ0v) is 9.58. The molecule has 0 heterocycles. The van der Waals surface area contributed by atoms with Crippen LogP contribution in [0.25, 0.3) is 0 Å². The fraction of sp³-hybridized carbons (Fsp3) is 0.636. The Hall–Kier alpha value is -1.32. The van der Waals surface area contributed by atoms with Crippen LogP contribution in [0.2, 0.25) is 0 Å². The van der Waals surface area contributed by atoms with Gasteiger partial charge in [0.05, 0.1) is 0 Å². The molecule has 1 atom stereocenters. The molecule has 4 nitrogen and oxygen atoms in total. The molecule has 0 saturated carbocycles. The summed E-state index contributed by atoms with van der Waals surface area (Å²) in [6, 6.07) is -0.619. The fourth-order valence-corrected chi connectivity index (χ4v) is 1.88. The highest BCUT2D eigenvalue weighted by Gasteiger charge is 2.33. The smallest absolute Gasteiger partial charge is 0.332 e. The molecule has 1 aliphatic rings. The van der Waals surface area contributed by atoms with E-state index in [-0.39, 0.29) is 5.41 Å². The van der Waals surface area contributed by atoms with Gasteiger partial charge in [0.1, 0.15) is 0 Å². The number of nitrogens with two attached hydrogens (primary N) is 1. The first-order valence-corrected chi connectivity index (χ1v) is 5.18. The molecule has 0 bridgehead atoms. The molecule has 0 aromatic carbocycles. The van der Waals surface area contributed by atoms with Gasteiger partial charge in [-0.2, -0.15) is 5.10 Å². The molecule has 84 valence electrons. The largest absolute Gasteiger partial charge is 0.350 e. The molecule has 0 spiro atoms. The van der Waals surface area contributed by atoms with E-state index in [1.165, 1.54) is 5.57 Å². The Balaban J connectivity index is 2.42. The van der Waals surface area contributed by atoms with E-state index in [9.17, 15) is 4.79 Å². The zero-order chi connectivity index (χ0) is 11.5. The molecule has 1 rings (SSSR count). The van der Waals surface area contributed by atoms with Crippen molar-refractivity contribution in [2.24, 2.45) is 22.2 Å². The quantitative estimate of drug-likeness (QED) is 0.417. The summed E-state index contributed by atoms with van der Waals surface area (Å²) in [6.45, 7) is 6.65. The summed E-state index contributed by atoms with van der Waals surface area (Å²) in [5.74, 6) is 0.566. The lowest BCUT2D eigenvalue weighted by Gasteiger charge is -2.28. The van der Waals surface area contributed by atoms with Gasteiger partial charge in [0.15, 0.2) is 0 Å². The van der Waals surface area contributed by atoms with Gasteiger partial charge in [-0.05, 0) is 31.1 Å². The Kier molecular flexibility index (Phi) is 3.50. The van der Waals surface area contributed by atoms with E-state index in [1.807, 2.05) is 0 Å². The fourth-order valence-electron chi connectivity index (χ4n) is 1.88. The standard InChI is InChI=1S/C11H19N3O/c1-8-4-5-9(11(8,2)3)6-7-13-14-10(12)15/h4,7,9H,5-6H2,1-3H3,(H3,12,14,15). The summed E-state index contributed by atoms with van der Waals surface area (Å²) in [4.78, 5) is 10.4. The molecule has 0 radical (unpaired) electrons. The van der Waals surface area contributed by atoms with Crippen LogP contribution >= 0.6 is 0 Å². The van der Waals surface area contributed by atoms with Gasteiger partial charge in [-0.15, -0.1) is 0 Å². The van der Waals surface area contributed by atoms with E-state index in [1.54, 1.807) is 6.21 Å². The molecule has 0 aromatic rings. The van der Waals surface area contributed by atoms with Gasteiger partial charge in [0.25, 0.3) is 0 Å². The van der Waals surface area contributed by atoms with Crippen LogP contribution in [0.1, 0.15) is 33.6 Å². The maximum absolute atomic E-state index is 10.4. The van der Waals surface area contributed by atoms with E-state index >= 15 is 0 Å². The lowest BCUT2D eigenvalue weighted by Crippen LogP contribution is -2.25. The number of rotatable bonds is 3. The van der Waals surface area contributed by atoms with Crippen molar-refractivity contribution in [3.05, 3.63) is 11.6 Å². The molecule has 3 N–H and O–H groups in total. The Morgan fingerprint density at radius 1 is 1.80 bits per heavy atom. The lowest BCUT2D eigenvalue weighted by molar-refractivity contribution is 0.249. The van der Waals surface area contributed by atoms with Crippen LogP contribution in [0.5, 0.6) is 0 Å². The summed E-state index contributed by atoms with van der Waals surface area (Å²) < 4.78 is 0. The third kappa shape index (κ3) is 2.81. The molecule has 15 heavy (non-hydrogen) atoms. The van der Waals surface area contributed by atoms with Crippen LogP contribution in [-0.4, -0.2) is 12.2 Å². The maximum atomic E-state index is 10.4. The molecular formula is C11H19N3O. The first-order chi connectivity index (χ1) is 6.94. The van der Waals surface area contributed by atoms with Gasteiger partial charge in [0.2, 0.25) is 0 Å². The number of hydrogen-bond acceptors (Lipinski definition) is 2. The minimum Gasteiger partial charge on any atom is -0.350 e. The molecule has 1 unspecified atom stereocenters. The van der Waals surface area contributed by atoms with Crippen LogP contribution in [-0.2, 0) is 0 Å². The van der Waals surface area contributed by atoms with E-state index in [4.69, 9.17) is 5.73 Å². The number of urea groups is 1.